The fourth-order valence-corrected chi connectivity index (χ4v) is 6.17. The van der Waals surface area contributed by atoms with Gasteiger partial charge in [0.25, 0.3) is 0 Å². The summed E-state index contributed by atoms with van der Waals surface area (Å²) in [6.07, 6.45) is 0.812. The van der Waals surface area contributed by atoms with Crippen LogP contribution in [0.4, 0.5) is 0 Å². The lowest BCUT2D eigenvalue weighted by atomic mass is 9.84. The van der Waals surface area contributed by atoms with Crippen molar-refractivity contribution >= 4 is 45.2 Å². The maximum absolute atomic E-state index is 14.3. The number of carbonyl (C=O) groups excluding carboxylic acids is 3. The summed E-state index contributed by atoms with van der Waals surface area (Å²) in [5.41, 5.74) is 0.813. The first kappa shape index (κ1) is 39.1. The van der Waals surface area contributed by atoms with Crippen LogP contribution < -0.4 is 9.47 Å². The molecule has 4 rings (SSSR count). The Hall–Kier alpha value is -4.74. The van der Waals surface area contributed by atoms with E-state index in [4.69, 9.17) is 9.47 Å². The Bertz CT molecular complexity index is 1930. The fourth-order valence-electron chi connectivity index (χ4n) is 6.17. The van der Waals surface area contributed by atoms with E-state index in [-0.39, 0.29) is 59.9 Å². The number of nitrogens with zero attached hydrogens (tertiary/aromatic N) is 5. The first-order valence-corrected chi connectivity index (χ1v) is 17.5. The Morgan fingerprint density at radius 1 is 0.804 bits per heavy atom. The molecular weight excluding hydrogens is 650 g/mol. The maximum Gasteiger partial charge on any atom is 0.328 e. The molecule has 0 aliphatic rings. The van der Waals surface area contributed by atoms with Gasteiger partial charge in [-0.1, -0.05) is 62.3 Å². The Morgan fingerprint density at radius 3 is 1.80 bits per heavy atom. The number of carbonyl (C=O) groups is 4. The van der Waals surface area contributed by atoms with Crippen LogP contribution in [0.1, 0.15) is 102 Å². The highest BCUT2D eigenvalue weighted by molar-refractivity contribution is 6.08. The van der Waals surface area contributed by atoms with Gasteiger partial charge in [0.2, 0.25) is 5.91 Å². The van der Waals surface area contributed by atoms with Crippen LogP contribution in [0.5, 0.6) is 11.5 Å². The summed E-state index contributed by atoms with van der Waals surface area (Å²) in [6.45, 7) is 17.9. The lowest BCUT2D eigenvalue weighted by Crippen LogP contribution is -2.43. The number of benzene rings is 2. The number of fused-ring (bicyclic) bond motifs is 2. The average molecular weight is 704 g/mol. The number of aromatic nitrogens is 4. The van der Waals surface area contributed by atoms with Gasteiger partial charge in [0, 0.05) is 47.8 Å². The molecule has 276 valence electrons. The Balaban J connectivity index is 1.71. The van der Waals surface area contributed by atoms with Crippen molar-refractivity contribution in [2.45, 2.75) is 87.7 Å². The average Bonchev–Trinajstić information content (AvgIpc) is 3.61. The standard InChI is InChI=1S/C39H53N5O7/c1-23(2)35(46)33-27-14-12-25(50-10)18-29(27)43(40-33)21-32(45)42(17-16-38(5,6)7)22-39(8,9)20-31(37(48)49)44-30-19-26(51-11)13-15-28(30)34(41-44)36(47)24(3)4/h12-15,18-19,23-24,31H,16-17,20-22H2,1-11H3,(H,48,49). The molecule has 1 amide bonds. The third-order valence-corrected chi connectivity index (χ3v) is 9.10. The summed E-state index contributed by atoms with van der Waals surface area (Å²) >= 11 is 0. The molecule has 0 bridgehead atoms. The lowest BCUT2D eigenvalue weighted by molar-refractivity contribution is -0.142. The molecule has 2 aromatic heterocycles. The van der Waals surface area contributed by atoms with E-state index in [1.807, 2.05) is 27.7 Å². The second-order valence-corrected chi connectivity index (χ2v) is 16.0. The van der Waals surface area contributed by atoms with Crippen molar-refractivity contribution in [2.75, 3.05) is 27.3 Å². The van der Waals surface area contributed by atoms with E-state index in [9.17, 15) is 24.3 Å². The van der Waals surface area contributed by atoms with Crippen molar-refractivity contribution in [3.63, 3.8) is 0 Å². The summed E-state index contributed by atoms with van der Waals surface area (Å²) in [5.74, 6) is -1.16. The topological polar surface area (TPSA) is 146 Å². The highest BCUT2D eigenvalue weighted by Gasteiger charge is 2.35. The number of hydrogen-bond donors (Lipinski definition) is 1. The Kier molecular flexibility index (Phi) is 11.7. The van der Waals surface area contributed by atoms with E-state index < -0.39 is 17.4 Å². The van der Waals surface area contributed by atoms with Crippen LogP contribution in [-0.4, -0.2) is 80.3 Å². The molecule has 1 N–H and O–H groups in total. The van der Waals surface area contributed by atoms with Gasteiger partial charge >= 0.3 is 5.97 Å². The number of hydrogen-bond acceptors (Lipinski definition) is 8. The third kappa shape index (κ3) is 8.95. The van der Waals surface area contributed by atoms with E-state index >= 15 is 0 Å². The second-order valence-electron chi connectivity index (χ2n) is 16.0. The predicted molar refractivity (Wildman–Crippen MR) is 197 cm³/mol. The highest BCUT2D eigenvalue weighted by Crippen LogP contribution is 2.35. The molecule has 2 aromatic carbocycles. The largest absolute Gasteiger partial charge is 0.497 e. The van der Waals surface area contributed by atoms with Crippen LogP contribution in [0.25, 0.3) is 21.8 Å². The van der Waals surface area contributed by atoms with Crippen LogP contribution in [0, 0.1) is 22.7 Å². The van der Waals surface area contributed by atoms with Gasteiger partial charge in [0.1, 0.15) is 29.4 Å². The summed E-state index contributed by atoms with van der Waals surface area (Å²) in [5, 5.41) is 21.0. The smallest absolute Gasteiger partial charge is 0.328 e. The zero-order valence-corrected chi connectivity index (χ0v) is 31.9. The molecule has 12 nitrogen and oxygen atoms in total. The van der Waals surface area contributed by atoms with Gasteiger partial charge in [-0.15, -0.1) is 0 Å². The Labute approximate surface area is 300 Å². The molecule has 0 aliphatic carbocycles. The minimum Gasteiger partial charge on any atom is -0.497 e. The van der Waals surface area contributed by atoms with E-state index in [2.05, 4.69) is 31.0 Å². The van der Waals surface area contributed by atoms with Gasteiger partial charge < -0.3 is 19.5 Å². The first-order valence-electron chi connectivity index (χ1n) is 17.5. The first-order chi connectivity index (χ1) is 23.8. The lowest BCUT2D eigenvalue weighted by Gasteiger charge is -2.36. The summed E-state index contributed by atoms with van der Waals surface area (Å²) < 4.78 is 13.8. The zero-order chi connectivity index (χ0) is 38.0. The zero-order valence-electron chi connectivity index (χ0n) is 31.9. The van der Waals surface area contributed by atoms with Crippen molar-refractivity contribution in [2.24, 2.45) is 22.7 Å². The van der Waals surface area contributed by atoms with Gasteiger partial charge in [-0.2, -0.15) is 10.2 Å². The second kappa shape index (κ2) is 15.2. The van der Waals surface area contributed by atoms with Gasteiger partial charge in [-0.25, -0.2) is 9.48 Å². The molecule has 0 fully saturated rings. The number of ether oxygens (including phenoxy) is 2. The van der Waals surface area contributed by atoms with Crippen molar-refractivity contribution in [3.8, 4) is 11.5 Å². The fraction of sp³-hybridized carbons (Fsp3) is 0.538. The number of methoxy groups -OCH3 is 2. The molecule has 1 unspecified atom stereocenters. The molecule has 1 atom stereocenters. The molecular formula is C39H53N5O7. The minimum atomic E-state index is -1.14. The number of Topliss-reactive ketones (excluding diaryl/α,β-unsaturated/α-hetero) is 2. The summed E-state index contributed by atoms with van der Waals surface area (Å²) in [6, 6.07) is 9.35. The minimum absolute atomic E-state index is 0.0821. The van der Waals surface area contributed by atoms with E-state index in [1.54, 1.807) is 66.9 Å². The normalized spacial score (nSPS) is 12.9. The third-order valence-electron chi connectivity index (χ3n) is 9.10. The molecule has 2 heterocycles. The maximum atomic E-state index is 14.3. The van der Waals surface area contributed by atoms with Crippen molar-refractivity contribution in [1.29, 1.82) is 0 Å². The SMILES string of the molecule is COc1ccc2c(C(=O)C(C)C)nn(CC(=O)N(CCC(C)(C)C)CC(C)(C)CC(C(=O)O)n3nc(C(=O)C(C)C)c4ccc(OC)cc43)c2c1. The van der Waals surface area contributed by atoms with Crippen LogP contribution in [0.2, 0.25) is 0 Å². The van der Waals surface area contributed by atoms with Gasteiger partial charge in [0.05, 0.1) is 25.3 Å². The molecule has 0 saturated carbocycles. The van der Waals surface area contributed by atoms with Gasteiger partial charge in [-0.3, -0.25) is 19.1 Å². The molecule has 12 heteroatoms. The van der Waals surface area contributed by atoms with E-state index in [1.165, 1.54) is 11.8 Å². The number of ketones is 2. The quantitative estimate of drug-likeness (QED) is 0.121. The molecule has 0 spiro atoms. The van der Waals surface area contributed by atoms with Crippen LogP contribution in [0.3, 0.4) is 0 Å². The molecule has 0 saturated heterocycles. The molecule has 51 heavy (non-hydrogen) atoms. The van der Waals surface area contributed by atoms with E-state index in [0.717, 1.165) is 0 Å². The van der Waals surface area contributed by atoms with Crippen LogP contribution >= 0.6 is 0 Å². The van der Waals surface area contributed by atoms with Crippen molar-refractivity contribution in [3.05, 3.63) is 47.8 Å². The number of carboxylic acids is 1. The van der Waals surface area contributed by atoms with Crippen molar-refractivity contribution < 1.29 is 33.8 Å². The van der Waals surface area contributed by atoms with Crippen molar-refractivity contribution in [1.82, 2.24) is 24.5 Å². The number of carboxylic acid groups (broad SMARTS) is 1. The van der Waals surface area contributed by atoms with Gasteiger partial charge in [0.15, 0.2) is 17.6 Å². The number of rotatable bonds is 16. The summed E-state index contributed by atoms with van der Waals surface area (Å²) in [4.78, 5) is 55.3. The highest BCUT2D eigenvalue weighted by atomic mass is 16.5. The monoisotopic (exact) mass is 703 g/mol. The van der Waals surface area contributed by atoms with Crippen LogP contribution in [-0.2, 0) is 16.1 Å². The molecule has 4 aromatic rings. The summed E-state index contributed by atoms with van der Waals surface area (Å²) in [7, 11) is 3.08. The van der Waals surface area contributed by atoms with E-state index in [0.29, 0.717) is 52.0 Å². The van der Waals surface area contributed by atoms with Gasteiger partial charge in [-0.05, 0) is 47.9 Å². The molecule has 0 aliphatic heterocycles. The molecule has 0 radical (unpaired) electrons. The van der Waals surface area contributed by atoms with Crippen LogP contribution in [0.15, 0.2) is 36.4 Å². The predicted octanol–water partition coefficient (Wildman–Crippen LogP) is 7.09. The number of aliphatic carboxylic acids is 1. The Morgan fingerprint density at radius 2 is 1.31 bits per heavy atom. The number of amides is 1.